The molecule has 0 heterocycles. The van der Waals surface area contributed by atoms with E-state index in [0.717, 1.165) is 16.3 Å². The Morgan fingerprint density at radius 2 is 2.05 bits per heavy atom. The van der Waals surface area contributed by atoms with Gasteiger partial charge in [-0.3, -0.25) is 9.59 Å². The number of carbonyl (C=O) groups excluding carboxylic acids is 1. The van der Waals surface area contributed by atoms with Crippen LogP contribution in [0.2, 0.25) is 0 Å². The summed E-state index contributed by atoms with van der Waals surface area (Å²) in [7, 11) is 0. The number of hydrogen-bond acceptors (Lipinski definition) is 3. The van der Waals surface area contributed by atoms with E-state index in [0.29, 0.717) is 19.3 Å². The molecule has 5 heteroatoms. The van der Waals surface area contributed by atoms with E-state index in [1.54, 1.807) is 11.8 Å². The minimum Gasteiger partial charge on any atom is -0.481 e. The first-order valence-corrected chi connectivity index (χ1v) is 7.96. The van der Waals surface area contributed by atoms with Crippen LogP contribution < -0.4 is 5.32 Å². The molecule has 0 bridgehead atoms. The van der Waals surface area contributed by atoms with E-state index in [2.05, 4.69) is 11.9 Å². The van der Waals surface area contributed by atoms with E-state index in [1.807, 2.05) is 30.3 Å². The number of amides is 1. The normalized spacial score (nSPS) is 21.0. The van der Waals surface area contributed by atoms with Gasteiger partial charge < -0.3 is 10.4 Å². The summed E-state index contributed by atoms with van der Waals surface area (Å²) in [6.45, 7) is 3.69. The second kappa shape index (κ2) is 7.31. The van der Waals surface area contributed by atoms with Crippen LogP contribution in [0.1, 0.15) is 19.3 Å². The van der Waals surface area contributed by atoms with Crippen LogP contribution in [-0.2, 0) is 9.59 Å². The number of hydrogen-bond donors (Lipinski definition) is 2. The van der Waals surface area contributed by atoms with Crippen LogP contribution in [0.4, 0.5) is 5.69 Å². The Kier molecular flexibility index (Phi) is 5.44. The van der Waals surface area contributed by atoms with Gasteiger partial charge >= 0.3 is 5.97 Å². The molecular weight excluding hydrogens is 286 g/mol. The Hall–Kier alpha value is -1.75. The molecule has 1 aromatic carbocycles. The van der Waals surface area contributed by atoms with Crippen LogP contribution >= 0.6 is 11.8 Å². The van der Waals surface area contributed by atoms with E-state index in [1.165, 1.54) is 0 Å². The number of carbonyl (C=O) groups is 2. The molecule has 2 rings (SSSR count). The van der Waals surface area contributed by atoms with Gasteiger partial charge in [0, 0.05) is 16.6 Å². The topological polar surface area (TPSA) is 66.4 Å². The van der Waals surface area contributed by atoms with Crippen molar-refractivity contribution in [3.8, 4) is 0 Å². The Morgan fingerprint density at radius 1 is 1.33 bits per heavy atom. The molecule has 4 nitrogen and oxygen atoms in total. The Labute approximate surface area is 128 Å². The van der Waals surface area contributed by atoms with Crippen LogP contribution in [0.25, 0.3) is 0 Å². The smallest absolute Gasteiger partial charge is 0.306 e. The first kappa shape index (κ1) is 15.6. The maximum atomic E-state index is 12.3. The molecule has 1 aliphatic rings. The van der Waals surface area contributed by atoms with E-state index in [-0.39, 0.29) is 17.7 Å². The zero-order valence-electron chi connectivity index (χ0n) is 11.7. The summed E-state index contributed by atoms with van der Waals surface area (Å²) in [5.74, 6) is -0.690. The molecule has 2 atom stereocenters. The van der Waals surface area contributed by atoms with Crippen molar-refractivity contribution in [3.05, 3.63) is 36.9 Å². The van der Waals surface area contributed by atoms with Gasteiger partial charge in [0.05, 0.1) is 11.6 Å². The number of para-hydroxylation sites is 1. The van der Waals surface area contributed by atoms with E-state index in [4.69, 9.17) is 5.11 Å². The number of benzene rings is 1. The number of nitrogens with one attached hydrogen (secondary N) is 1. The first-order valence-electron chi connectivity index (χ1n) is 6.98. The lowest BCUT2D eigenvalue weighted by molar-refractivity contribution is -0.141. The molecule has 0 aliphatic heterocycles. The van der Waals surface area contributed by atoms with Crippen molar-refractivity contribution in [3.63, 3.8) is 0 Å². The molecule has 0 spiro atoms. The minimum absolute atomic E-state index is 0.0783. The van der Waals surface area contributed by atoms with Gasteiger partial charge in [-0.2, -0.15) is 0 Å². The predicted molar refractivity (Wildman–Crippen MR) is 84.5 cm³/mol. The molecule has 1 saturated carbocycles. The second-order valence-corrected chi connectivity index (χ2v) is 6.19. The summed E-state index contributed by atoms with van der Waals surface area (Å²) in [6, 6.07) is 7.63. The molecule has 0 aromatic heterocycles. The molecule has 1 amide bonds. The molecule has 1 fully saturated rings. The van der Waals surface area contributed by atoms with Gasteiger partial charge in [0.1, 0.15) is 0 Å². The number of carboxylic acids is 1. The highest BCUT2D eigenvalue weighted by Crippen LogP contribution is 2.33. The van der Waals surface area contributed by atoms with Gasteiger partial charge in [0.2, 0.25) is 5.91 Å². The predicted octanol–water partition coefficient (Wildman–Crippen LogP) is 3.40. The Balaban J connectivity index is 2.00. The van der Waals surface area contributed by atoms with Crippen LogP contribution in [0.3, 0.4) is 0 Å². The lowest BCUT2D eigenvalue weighted by atomic mass is 10.0. The summed E-state index contributed by atoms with van der Waals surface area (Å²) in [6.07, 6.45) is 3.48. The molecule has 2 N–H and O–H groups in total. The molecule has 112 valence electrons. The fourth-order valence-corrected chi connectivity index (χ4v) is 3.27. The monoisotopic (exact) mass is 305 g/mol. The summed E-state index contributed by atoms with van der Waals surface area (Å²) in [5.41, 5.74) is 0.785. The van der Waals surface area contributed by atoms with Crippen molar-refractivity contribution < 1.29 is 14.7 Å². The highest BCUT2D eigenvalue weighted by atomic mass is 32.2. The van der Waals surface area contributed by atoms with Crippen LogP contribution in [-0.4, -0.2) is 22.7 Å². The van der Waals surface area contributed by atoms with E-state index >= 15 is 0 Å². The average Bonchev–Trinajstić information content (AvgIpc) is 2.96. The fourth-order valence-electron chi connectivity index (χ4n) is 2.52. The number of aliphatic carboxylic acids is 1. The van der Waals surface area contributed by atoms with Crippen molar-refractivity contribution in [1.82, 2.24) is 0 Å². The number of carboxylic acid groups (broad SMARTS) is 1. The highest BCUT2D eigenvalue weighted by molar-refractivity contribution is 7.99. The Morgan fingerprint density at radius 3 is 2.71 bits per heavy atom. The maximum absolute atomic E-state index is 12.3. The Bertz CT molecular complexity index is 544. The second-order valence-electron chi connectivity index (χ2n) is 5.13. The molecule has 0 radical (unpaired) electrons. The third kappa shape index (κ3) is 4.11. The van der Waals surface area contributed by atoms with E-state index in [9.17, 15) is 9.59 Å². The van der Waals surface area contributed by atoms with Gasteiger partial charge in [-0.25, -0.2) is 0 Å². The molecule has 21 heavy (non-hydrogen) atoms. The lowest BCUT2D eigenvalue weighted by Crippen LogP contribution is -2.22. The largest absolute Gasteiger partial charge is 0.481 e. The van der Waals surface area contributed by atoms with Gasteiger partial charge in [0.15, 0.2) is 0 Å². The van der Waals surface area contributed by atoms with Gasteiger partial charge in [-0.15, -0.1) is 18.3 Å². The number of anilines is 1. The van der Waals surface area contributed by atoms with Crippen molar-refractivity contribution in [2.45, 2.75) is 24.2 Å². The van der Waals surface area contributed by atoms with Crippen molar-refractivity contribution in [2.75, 3.05) is 11.1 Å². The van der Waals surface area contributed by atoms with Crippen LogP contribution in [0, 0.1) is 11.8 Å². The first-order chi connectivity index (χ1) is 10.1. The molecule has 1 aromatic rings. The summed E-state index contributed by atoms with van der Waals surface area (Å²) in [4.78, 5) is 24.2. The minimum atomic E-state index is -0.799. The van der Waals surface area contributed by atoms with Crippen molar-refractivity contribution in [2.24, 2.45) is 11.8 Å². The van der Waals surface area contributed by atoms with Gasteiger partial charge in [-0.05, 0) is 31.4 Å². The van der Waals surface area contributed by atoms with Gasteiger partial charge in [-0.1, -0.05) is 18.2 Å². The molecule has 0 saturated heterocycles. The third-order valence-electron chi connectivity index (χ3n) is 3.65. The van der Waals surface area contributed by atoms with E-state index < -0.39 is 5.97 Å². The van der Waals surface area contributed by atoms with Gasteiger partial charge in [0.25, 0.3) is 0 Å². The SMILES string of the molecule is C=CCSc1ccccc1NC(=O)C1CCC(C(=O)O)C1. The zero-order chi connectivity index (χ0) is 15.2. The lowest BCUT2D eigenvalue weighted by Gasteiger charge is -2.13. The maximum Gasteiger partial charge on any atom is 0.306 e. The number of thioether (sulfide) groups is 1. The highest BCUT2D eigenvalue weighted by Gasteiger charge is 2.33. The summed E-state index contributed by atoms with van der Waals surface area (Å²) < 4.78 is 0. The van der Waals surface area contributed by atoms with Crippen molar-refractivity contribution >= 4 is 29.3 Å². The van der Waals surface area contributed by atoms with Crippen LogP contribution in [0.5, 0.6) is 0 Å². The van der Waals surface area contributed by atoms with Crippen molar-refractivity contribution in [1.29, 1.82) is 0 Å². The average molecular weight is 305 g/mol. The molecular formula is C16H19NO3S. The summed E-state index contributed by atoms with van der Waals surface area (Å²) >= 11 is 1.61. The fraction of sp³-hybridized carbons (Fsp3) is 0.375. The third-order valence-corrected chi connectivity index (χ3v) is 4.72. The standard InChI is InChI=1S/C16H19NO3S/c1-2-9-21-14-6-4-3-5-13(14)17-15(18)11-7-8-12(10-11)16(19)20/h2-6,11-12H,1,7-10H2,(H,17,18)(H,19,20). The quantitative estimate of drug-likeness (QED) is 0.624. The summed E-state index contributed by atoms with van der Waals surface area (Å²) in [5, 5.41) is 11.9. The molecule has 2 unspecified atom stereocenters. The number of rotatable bonds is 6. The zero-order valence-corrected chi connectivity index (χ0v) is 12.6. The molecule has 1 aliphatic carbocycles. The van der Waals surface area contributed by atoms with Crippen LogP contribution in [0.15, 0.2) is 41.8 Å².